The first-order valence-corrected chi connectivity index (χ1v) is 9.79. The number of hydrogen-bond acceptors (Lipinski definition) is 7. The normalized spacial score (nSPS) is 28.3. The molecular formula is C22H28O7. The molecule has 5 atom stereocenters. The molecule has 0 radical (unpaired) electrons. The molecule has 1 saturated heterocycles. The molecule has 1 heterocycles. The van der Waals surface area contributed by atoms with Crippen molar-refractivity contribution in [3.8, 4) is 0 Å². The number of allylic oxidation sites excluding steroid dienone is 2. The maximum atomic E-state index is 12.6. The summed E-state index contributed by atoms with van der Waals surface area (Å²) in [5.74, 6) is -2.94. The summed E-state index contributed by atoms with van der Waals surface area (Å²) in [7, 11) is 0. The summed E-state index contributed by atoms with van der Waals surface area (Å²) in [6.45, 7) is 10.5. The molecule has 7 heteroatoms. The molecule has 0 aromatic heterocycles. The standard InChI is InChI=1S/C22H28O7/c1-6-13(3)21(25)29-20-18-14(4)22(26)28-17(18)10-12(2)8-7-9-16(11-23)19(20)27-15(5)24/h9-11,13,17-20H,4,6-8H2,1-3,5H3. The van der Waals surface area contributed by atoms with Gasteiger partial charge in [0.2, 0.25) is 0 Å². The lowest BCUT2D eigenvalue weighted by Crippen LogP contribution is -2.45. The van der Waals surface area contributed by atoms with Gasteiger partial charge in [0.15, 0.2) is 12.2 Å². The summed E-state index contributed by atoms with van der Waals surface area (Å²) in [6, 6.07) is 0. The highest BCUT2D eigenvalue weighted by molar-refractivity contribution is 5.91. The molecule has 0 N–H and O–H groups in total. The summed E-state index contributed by atoms with van der Waals surface area (Å²) < 4.78 is 16.6. The van der Waals surface area contributed by atoms with Crippen molar-refractivity contribution in [2.24, 2.45) is 11.8 Å². The Kier molecular flexibility index (Phi) is 7.53. The molecule has 7 nitrogen and oxygen atoms in total. The van der Waals surface area contributed by atoms with E-state index in [1.165, 1.54) is 6.92 Å². The first kappa shape index (κ1) is 22.6. The lowest BCUT2D eigenvalue weighted by atomic mass is 9.83. The van der Waals surface area contributed by atoms with Gasteiger partial charge in [0.1, 0.15) is 12.4 Å². The Morgan fingerprint density at radius 2 is 2.07 bits per heavy atom. The van der Waals surface area contributed by atoms with E-state index in [-0.39, 0.29) is 11.1 Å². The molecule has 1 aliphatic carbocycles. The molecule has 1 fully saturated rings. The summed E-state index contributed by atoms with van der Waals surface area (Å²) >= 11 is 0. The number of carbonyl (C=O) groups is 4. The molecule has 0 amide bonds. The second kappa shape index (κ2) is 9.67. The maximum absolute atomic E-state index is 12.6. The third kappa shape index (κ3) is 5.22. The van der Waals surface area contributed by atoms with E-state index in [0.717, 1.165) is 5.57 Å². The van der Waals surface area contributed by atoms with Crippen molar-refractivity contribution in [2.75, 3.05) is 0 Å². The van der Waals surface area contributed by atoms with Crippen LogP contribution in [0.3, 0.4) is 0 Å². The SMILES string of the molecule is C=C1C(=O)OC2C=C(C)CCC=C(C=O)C(OC(C)=O)C(OC(=O)C(C)CC)C12. The second-order valence-electron chi connectivity index (χ2n) is 7.54. The van der Waals surface area contributed by atoms with Gasteiger partial charge in [-0.1, -0.05) is 32.1 Å². The lowest BCUT2D eigenvalue weighted by Gasteiger charge is -2.33. The number of aldehydes is 1. The minimum atomic E-state index is -1.16. The summed E-state index contributed by atoms with van der Waals surface area (Å²) in [5, 5.41) is 0. The van der Waals surface area contributed by atoms with Crippen molar-refractivity contribution in [1.82, 2.24) is 0 Å². The fraction of sp³-hybridized carbons (Fsp3) is 0.545. The quantitative estimate of drug-likeness (QED) is 0.229. The number of rotatable bonds is 5. The molecule has 158 valence electrons. The molecule has 1 aliphatic heterocycles. The molecule has 29 heavy (non-hydrogen) atoms. The van der Waals surface area contributed by atoms with E-state index in [2.05, 4.69) is 6.58 Å². The lowest BCUT2D eigenvalue weighted by molar-refractivity contribution is -0.171. The molecule has 2 rings (SSSR count). The van der Waals surface area contributed by atoms with E-state index in [1.54, 1.807) is 19.1 Å². The molecule has 0 bridgehead atoms. The van der Waals surface area contributed by atoms with Crippen LogP contribution < -0.4 is 0 Å². The van der Waals surface area contributed by atoms with Crippen molar-refractivity contribution in [3.05, 3.63) is 35.5 Å². The fourth-order valence-corrected chi connectivity index (χ4v) is 3.44. The van der Waals surface area contributed by atoms with Gasteiger partial charge in [0.05, 0.1) is 11.8 Å². The predicted octanol–water partition coefficient (Wildman–Crippen LogP) is 2.84. The molecule has 0 saturated carbocycles. The Morgan fingerprint density at radius 3 is 2.66 bits per heavy atom. The number of carbonyl (C=O) groups excluding carboxylic acids is 4. The van der Waals surface area contributed by atoms with Gasteiger partial charge in [0, 0.05) is 18.1 Å². The smallest absolute Gasteiger partial charge is 0.334 e. The molecule has 0 spiro atoms. The van der Waals surface area contributed by atoms with Gasteiger partial charge in [-0.25, -0.2) is 4.79 Å². The number of ether oxygens (including phenoxy) is 3. The Balaban J connectivity index is 2.61. The van der Waals surface area contributed by atoms with Crippen LogP contribution in [-0.2, 0) is 33.4 Å². The number of fused-ring (bicyclic) bond motifs is 1. The summed E-state index contributed by atoms with van der Waals surface area (Å²) in [4.78, 5) is 48.5. The molecule has 0 aromatic carbocycles. The maximum Gasteiger partial charge on any atom is 0.334 e. The Morgan fingerprint density at radius 1 is 1.38 bits per heavy atom. The summed E-state index contributed by atoms with van der Waals surface area (Å²) in [6.07, 6.45) is 2.75. The van der Waals surface area contributed by atoms with Crippen molar-refractivity contribution in [1.29, 1.82) is 0 Å². The Hall–Kier alpha value is -2.70. The predicted molar refractivity (Wildman–Crippen MR) is 105 cm³/mol. The van der Waals surface area contributed by atoms with Crippen molar-refractivity contribution in [3.63, 3.8) is 0 Å². The topological polar surface area (TPSA) is 96.0 Å². The van der Waals surface area contributed by atoms with Crippen molar-refractivity contribution < 1.29 is 33.4 Å². The minimum absolute atomic E-state index is 0.115. The van der Waals surface area contributed by atoms with E-state index < -0.39 is 48.1 Å². The van der Waals surface area contributed by atoms with Crippen LogP contribution in [0.15, 0.2) is 35.5 Å². The highest BCUT2D eigenvalue weighted by atomic mass is 16.6. The number of esters is 3. The van der Waals surface area contributed by atoms with E-state index in [1.807, 2.05) is 13.8 Å². The minimum Gasteiger partial charge on any atom is -0.457 e. The zero-order valence-electron chi connectivity index (χ0n) is 17.3. The van der Waals surface area contributed by atoms with Gasteiger partial charge in [0.25, 0.3) is 0 Å². The highest BCUT2D eigenvalue weighted by Gasteiger charge is 2.49. The van der Waals surface area contributed by atoms with Crippen LogP contribution in [0.25, 0.3) is 0 Å². The van der Waals surface area contributed by atoms with E-state index in [0.29, 0.717) is 25.5 Å². The molecule has 0 aromatic rings. The zero-order chi connectivity index (χ0) is 21.7. The van der Waals surface area contributed by atoms with Gasteiger partial charge >= 0.3 is 17.9 Å². The molecular weight excluding hydrogens is 376 g/mol. The van der Waals surface area contributed by atoms with Crippen LogP contribution in [0.1, 0.15) is 47.0 Å². The fourth-order valence-electron chi connectivity index (χ4n) is 3.44. The van der Waals surface area contributed by atoms with Crippen LogP contribution in [-0.4, -0.2) is 42.5 Å². The first-order valence-electron chi connectivity index (χ1n) is 9.79. The van der Waals surface area contributed by atoms with Gasteiger partial charge in [-0.3, -0.25) is 14.4 Å². The van der Waals surface area contributed by atoms with Crippen LogP contribution in [0, 0.1) is 11.8 Å². The van der Waals surface area contributed by atoms with Crippen molar-refractivity contribution >= 4 is 24.2 Å². The third-order valence-electron chi connectivity index (χ3n) is 5.31. The van der Waals surface area contributed by atoms with Gasteiger partial charge in [-0.2, -0.15) is 0 Å². The van der Waals surface area contributed by atoms with Crippen LogP contribution >= 0.6 is 0 Å². The molecule has 5 unspecified atom stereocenters. The van der Waals surface area contributed by atoms with Crippen LogP contribution in [0.2, 0.25) is 0 Å². The zero-order valence-corrected chi connectivity index (χ0v) is 17.3. The van der Waals surface area contributed by atoms with Crippen LogP contribution in [0.4, 0.5) is 0 Å². The largest absolute Gasteiger partial charge is 0.457 e. The third-order valence-corrected chi connectivity index (χ3v) is 5.31. The van der Waals surface area contributed by atoms with E-state index >= 15 is 0 Å². The Bertz CT molecular complexity index is 761. The Labute approximate surface area is 170 Å². The van der Waals surface area contributed by atoms with Gasteiger partial charge in [-0.05, 0) is 32.3 Å². The van der Waals surface area contributed by atoms with Gasteiger partial charge in [-0.15, -0.1) is 0 Å². The highest BCUT2D eigenvalue weighted by Crippen LogP contribution is 2.37. The van der Waals surface area contributed by atoms with E-state index in [9.17, 15) is 19.2 Å². The summed E-state index contributed by atoms with van der Waals surface area (Å²) in [5.41, 5.74) is 1.26. The van der Waals surface area contributed by atoms with Crippen LogP contribution in [0.5, 0.6) is 0 Å². The van der Waals surface area contributed by atoms with E-state index in [4.69, 9.17) is 14.2 Å². The number of hydrogen-bond donors (Lipinski definition) is 0. The average Bonchev–Trinajstić information content (AvgIpc) is 2.93. The molecule has 2 aliphatic rings. The van der Waals surface area contributed by atoms with Gasteiger partial charge < -0.3 is 14.2 Å². The second-order valence-corrected chi connectivity index (χ2v) is 7.54. The first-order chi connectivity index (χ1) is 13.7. The average molecular weight is 404 g/mol. The monoisotopic (exact) mass is 404 g/mol. The van der Waals surface area contributed by atoms with Crippen molar-refractivity contribution in [2.45, 2.75) is 65.3 Å².